The topological polar surface area (TPSA) is 84.9 Å². The van der Waals surface area contributed by atoms with Gasteiger partial charge in [0.2, 0.25) is 15.9 Å². The summed E-state index contributed by atoms with van der Waals surface area (Å²) >= 11 is 5.86. The molecular formula is C21H25ClN2O5S. The summed E-state index contributed by atoms with van der Waals surface area (Å²) in [6, 6.07) is 11.4. The number of halogens is 1. The van der Waals surface area contributed by atoms with E-state index in [9.17, 15) is 13.2 Å². The van der Waals surface area contributed by atoms with E-state index in [2.05, 4.69) is 5.32 Å². The molecule has 1 amide bonds. The lowest BCUT2D eigenvalue weighted by atomic mass is 9.98. The fourth-order valence-corrected chi connectivity index (χ4v) is 5.13. The fraction of sp³-hybridized carbons (Fsp3) is 0.381. The molecule has 1 saturated heterocycles. The van der Waals surface area contributed by atoms with Crippen LogP contribution in [0.3, 0.4) is 0 Å². The summed E-state index contributed by atoms with van der Waals surface area (Å²) in [7, 11) is -0.539. The highest BCUT2D eigenvalue weighted by Crippen LogP contribution is 2.26. The van der Waals surface area contributed by atoms with E-state index >= 15 is 0 Å². The van der Waals surface area contributed by atoms with E-state index in [1.165, 1.54) is 16.4 Å². The van der Waals surface area contributed by atoms with Crippen molar-refractivity contribution < 1.29 is 22.7 Å². The lowest BCUT2D eigenvalue weighted by Crippen LogP contribution is -2.45. The molecule has 162 valence electrons. The molecule has 0 aliphatic carbocycles. The number of piperidine rings is 1. The van der Waals surface area contributed by atoms with Gasteiger partial charge in [-0.2, -0.15) is 4.31 Å². The minimum atomic E-state index is -3.67. The van der Waals surface area contributed by atoms with Gasteiger partial charge >= 0.3 is 0 Å². The smallest absolute Gasteiger partial charge is 0.243 e. The third-order valence-electron chi connectivity index (χ3n) is 5.15. The molecule has 0 saturated carbocycles. The second-order valence-electron chi connectivity index (χ2n) is 7.05. The van der Waals surface area contributed by atoms with Crippen LogP contribution in [0, 0.1) is 5.92 Å². The summed E-state index contributed by atoms with van der Waals surface area (Å²) in [5, 5.41) is 3.37. The predicted octanol–water partition coefficient (Wildman–Crippen LogP) is 3.07. The number of nitrogens with zero attached hydrogens (tertiary/aromatic N) is 1. The van der Waals surface area contributed by atoms with E-state index in [0.29, 0.717) is 35.9 Å². The summed E-state index contributed by atoms with van der Waals surface area (Å²) in [6.07, 6.45) is 1.25. The molecule has 9 heteroatoms. The molecule has 7 nitrogen and oxygen atoms in total. The molecule has 3 rings (SSSR count). The largest absolute Gasteiger partial charge is 0.497 e. The Bertz CT molecular complexity index is 995. The van der Waals surface area contributed by atoms with Gasteiger partial charge in [-0.3, -0.25) is 4.79 Å². The van der Waals surface area contributed by atoms with Gasteiger partial charge in [-0.05, 0) is 55.3 Å². The van der Waals surface area contributed by atoms with Gasteiger partial charge in [-0.15, -0.1) is 0 Å². The van der Waals surface area contributed by atoms with Crippen molar-refractivity contribution in [3.8, 4) is 11.5 Å². The van der Waals surface area contributed by atoms with Crippen molar-refractivity contribution in [1.29, 1.82) is 0 Å². The molecule has 1 aliphatic rings. The van der Waals surface area contributed by atoms with Crippen molar-refractivity contribution >= 4 is 27.5 Å². The zero-order chi connectivity index (χ0) is 21.7. The standard InChI is InChI=1S/C21H25ClN2O5S/c1-28-18-7-10-20(29-2)16(12-18)13-23-21(25)15-4-3-11-24(14-15)30(26,27)19-8-5-17(22)6-9-19/h5-10,12,15H,3-4,11,13-14H2,1-2H3,(H,23,25). The molecular weight excluding hydrogens is 428 g/mol. The molecule has 1 fully saturated rings. The highest BCUT2D eigenvalue weighted by molar-refractivity contribution is 7.89. The maximum absolute atomic E-state index is 12.9. The molecule has 1 unspecified atom stereocenters. The van der Waals surface area contributed by atoms with E-state index in [1.807, 2.05) is 0 Å². The number of carbonyl (C=O) groups is 1. The second-order valence-corrected chi connectivity index (χ2v) is 9.43. The lowest BCUT2D eigenvalue weighted by molar-refractivity contribution is -0.126. The highest BCUT2D eigenvalue weighted by Gasteiger charge is 2.33. The van der Waals surface area contributed by atoms with Crippen molar-refractivity contribution in [2.75, 3.05) is 27.3 Å². The number of sulfonamides is 1. The van der Waals surface area contributed by atoms with Gasteiger partial charge in [0, 0.05) is 30.2 Å². The van der Waals surface area contributed by atoms with Crippen LogP contribution in [0.1, 0.15) is 18.4 Å². The lowest BCUT2D eigenvalue weighted by Gasteiger charge is -2.31. The Balaban J connectivity index is 1.67. The minimum absolute atomic E-state index is 0.145. The van der Waals surface area contributed by atoms with Crippen molar-refractivity contribution in [3.63, 3.8) is 0 Å². The molecule has 0 radical (unpaired) electrons. The number of amides is 1. The van der Waals surface area contributed by atoms with E-state index < -0.39 is 15.9 Å². The van der Waals surface area contributed by atoms with Gasteiger partial charge in [0.25, 0.3) is 0 Å². The molecule has 0 bridgehead atoms. The average molecular weight is 453 g/mol. The first kappa shape index (κ1) is 22.4. The van der Waals surface area contributed by atoms with E-state index in [4.69, 9.17) is 21.1 Å². The molecule has 1 aliphatic heterocycles. The molecule has 1 N–H and O–H groups in total. The second kappa shape index (κ2) is 9.68. The number of rotatable bonds is 7. The Morgan fingerprint density at radius 1 is 1.17 bits per heavy atom. The Morgan fingerprint density at radius 2 is 1.90 bits per heavy atom. The zero-order valence-electron chi connectivity index (χ0n) is 16.9. The molecule has 2 aromatic carbocycles. The van der Waals surface area contributed by atoms with Crippen LogP contribution in [0.15, 0.2) is 47.4 Å². The Hall–Kier alpha value is -2.29. The number of methoxy groups -OCH3 is 2. The first-order valence-electron chi connectivity index (χ1n) is 9.59. The highest BCUT2D eigenvalue weighted by atomic mass is 35.5. The van der Waals surface area contributed by atoms with Crippen molar-refractivity contribution in [1.82, 2.24) is 9.62 Å². The maximum atomic E-state index is 12.9. The van der Waals surface area contributed by atoms with E-state index in [-0.39, 0.29) is 23.9 Å². The average Bonchev–Trinajstić information content (AvgIpc) is 2.77. The maximum Gasteiger partial charge on any atom is 0.243 e. The Labute approximate surface area is 182 Å². The summed E-state index contributed by atoms with van der Waals surface area (Å²) in [5.74, 6) is 0.706. The summed E-state index contributed by atoms with van der Waals surface area (Å²) in [4.78, 5) is 12.9. The van der Waals surface area contributed by atoms with Gasteiger partial charge in [0.05, 0.1) is 25.0 Å². The SMILES string of the molecule is COc1ccc(OC)c(CNC(=O)C2CCCN(S(=O)(=O)c3ccc(Cl)cc3)C2)c1. The summed E-state index contributed by atoms with van der Waals surface area (Å²) < 4.78 is 37.8. The minimum Gasteiger partial charge on any atom is -0.497 e. The molecule has 2 aromatic rings. The van der Waals surface area contributed by atoms with Gasteiger partial charge in [-0.1, -0.05) is 11.6 Å². The van der Waals surface area contributed by atoms with Crippen LogP contribution in [0.5, 0.6) is 11.5 Å². The summed E-state index contributed by atoms with van der Waals surface area (Å²) in [5.41, 5.74) is 0.784. The van der Waals surface area contributed by atoms with E-state index in [0.717, 1.165) is 5.56 Å². The third kappa shape index (κ3) is 5.06. The molecule has 0 spiro atoms. The van der Waals surface area contributed by atoms with Crippen LogP contribution >= 0.6 is 11.6 Å². The van der Waals surface area contributed by atoms with Crippen LogP contribution in [-0.4, -0.2) is 45.9 Å². The number of benzene rings is 2. The van der Waals surface area contributed by atoms with Gasteiger partial charge in [0.15, 0.2) is 0 Å². The number of ether oxygens (including phenoxy) is 2. The normalized spacial score (nSPS) is 17.4. The van der Waals surface area contributed by atoms with Crippen LogP contribution in [0.2, 0.25) is 5.02 Å². The van der Waals surface area contributed by atoms with E-state index in [1.54, 1.807) is 44.6 Å². The van der Waals surface area contributed by atoms with Gasteiger partial charge in [0.1, 0.15) is 11.5 Å². The molecule has 1 atom stereocenters. The Kier molecular flexibility index (Phi) is 7.23. The van der Waals surface area contributed by atoms with Crippen molar-refractivity contribution in [2.24, 2.45) is 5.92 Å². The van der Waals surface area contributed by atoms with Crippen LogP contribution in [-0.2, 0) is 21.4 Å². The van der Waals surface area contributed by atoms with Crippen molar-refractivity contribution in [3.05, 3.63) is 53.1 Å². The number of carbonyl (C=O) groups excluding carboxylic acids is 1. The van der Waals surface area contributed by atoms with Crippen LogP contribution < -0.4 is 14.8 Å². The van der Waals surface area contributed by atoms with Crippen LogP contribution in [0.25, 0.3) is 0 Å². The Morgan fingerprint density at radius 3 is 2.57 bits per heavy atom. The van der Waals surface area contributed by atoms with Crippen LogP contribution in [0.4, 0.5) is 0 Å². The predicted molar refractivity (Wildman–Crippen MR) is 114 cm³/mol. The summed E-state index contributed by atoms with van der Waals surface area (Å²) in [6.45, 7) is 0.796. The third-order valence-corrected chi connectivity index (χ3v) is 7.28. The number of nitrogens with one attached hydrogen (secondary N) is 1. The first-order chi connectivity index (χ1) is 14.3. The number of hydrogen-bond acceptors (Lipinski definition) is 5. The monoisotopic (exact) mass is 452 g/mol. The molecule has 30 heavy (non-hydrogen) atoms. The molecule has 1 heterocycles. The zero-order valence-corrected chi connectivity index (χ0v) is 18.5. The molecule has 0 aromatic heterocycles. The van der Waals surface area contributed by atoms with Gasteiger partial charge < -0.3 is 14.8 Å². The first-order valence-corrected chi connectivity index (χ1v) is 11.4. The fourth-order valence-electron chi connectivity index (χ4n) is 3.48. The van der Waals surface area contributed by atoms with Gasteiger partial charge in [-0.25, -0.2) is 8.42 Å². The quantitative estimate of drug-likeness (QED) is 0.697. The van der Waals surface area contributed by atoms with Crippen molar-refractivity contribution in [2.45, 2.75) is 24.3 Å². The number of hydrogen-bond donors (Lipinski definition) is 1.